The lowest BCUT2D eigenvalue weighted by atomic mass is 9.85. The van der Waals surface area contributed by atoms with E-state index in [-0.39, 0.29) is 43.9 Å². The van der Waals surface area contributed by atoms with Gasteiger partial charge in [0, 0.05) is 33.1 Å². The molecule has 7 amide bonds. The fourth-order valence-corrected chi connectivity index (χ4v) is 7.86. The van der Waals surface area contributed by atoms with Gasteiger partial charge in [-0.25, -0.2) is 9.59 Å². The number of hydrogen-bond donors (Lipinski definition) is 4. The first-order valence-electron chi connectivity index (χ1n) is 18.8. The fourth-order valence-electron chi connectivity index (χ4n) is 7.86. The van der Waals surface area contributed by atoms with Gasteiger partial charge in [0.2, 0.25) is 29.5 Å². The molecule has 0 saturated carbocycles. The molecule has 16 nitrogen and oxygen atoms in total. The van der Waals surface area contributed by atoms with Crippen molar-refractivity contribution in [2.75, 3.05) is 27.3 Å². The third kappa shape index (κ3) is 8.58. The van der Waals surface area contributed by atoms with Crippen LogP contribution in [0.15, 0.2) is 48.5 Å². The van der Waals surface area contributed by atoms with Crippen LogP contribution in [0.4, 0.5) is 9.59 Å². The highest BCUT2D eigenvalue weighted by Crippen LogP contribution is 2.41. The summed E-state index contributed by atoms with van der Waals surface area (Å²) >= 11 is 0. The lowest BCUT2D eigenvalue weighted by Gasteiger charge is -2.39. The number of benzene rings is 2. The molecular weight excluding hydrogens is 722 g/mol. The molecule has 2 aliphatic heterocycles. The van der Waals surface area contributed by atoms with Crippen molar-refractivity contribution in [3.63, 3.8) is 0 Å². The number of nitrogens with one attached hydrogen (secondary N) is 2. The van der Waals surface area contributed by atoms with Crippen LogP contribution in [0.5, 0.6) is 0 Å². The average Bonchev–Trinajstić information content (AvgIpc) is 3.82. The molecule has 2 aromatic rings. The molecule has 0 aliphatic carbocycles. The molecule has 4 rings (SSSR count). The SMILES string of the molecule is COC(=O)N[C@H](C(=O)N1CCC[C@@]1(C(N)=O)c1ccc(CN(Cc2ccc([C@]3(C(N)=O)CCCN3C(=O)[C@@H](NC(=O)OC)C(C)C)cc2)C(C)=O)cc1)C(C)C. The van der Waals surface area contributed by atoms with Crippen molar-refractivity contribution >= 4 is 41.7 Å². The lowest BCUT2D eigenvalue weighted by molar-refractivity contribution is -0.146. The summed E-state index contributed by atoms with van der Waals surface area (Å²) in [5.74, 6) is -3.05. The van der Waals surface area contributed by atoms with E-state index in [1.165, 1.54) is 30.9 Å². The predicted octanol–water partition coefficient (Wildman–Crippen LogP) is 2.60. The third-order valence-electron chi connectivity index (χ3n) is 10.9. The molecule has 2 heterocycles. The van der Waals surface area contributed by atoms with Crippen LogP contribution in [-0.2, 0) is 57.6 Å². The fraction of sp³-hybridized carbons (Fsp3) is 0.525. The van der Waals surface area contributed by atoms with E-state index in [0.717, 1.165) is 11.1 Å². The minimum Gasteiger partial charge on any atom is -0.453 e. The Morgan fingerprint density at radius 3 is 1.27 bits per heavy atom. The number of nitrogens with zero attached hydrogens (tertiary/aromatic N) is 3. The zero-order chi connectivity index (χ0) is 41.5. The second-order valence-electron chi connectivity index (χ2n) is 15.1. The van der Waals surface area contributed by atoms with Gasteiger partial charge in [-0.3, -0.25) is 24.0 Å². The number of alkyl carbamates (subject to hydrolysis) is 2. The molecule has 56 heavy (non-hydrogen) atoms. The molecule has 4 atom stereocenters. The minimum absolute atomic E-state index is 0.198. The van der Waals surface area contributed by atoms with Crippen LogP contribution >= 0.6 is 0 Å². The van der Waals surface area contributed by atoms with Gasteiger partial charge >= 0.3 is 12.2 Å². The standard InChI is InChI=1S/C40H55N7O9/c1-24(2)31(43-37(53)55-6)33(49)46-20-8-18-39(46,35(41)51)29-14-10-27(11-15-29)22-45(26(5)48)23-28-12-16-30(17-13-28)40(36(42)52)19-9-21-47(40)34(50)32(25(3)4)44-38(54)56-7/h10-17,24-25,31-32H,8-9,18-23H2,1-7H3,(H2,41,51)(H2,42,52)(H,43,53)(H,44,54)/t31-,32-,39-,40-/m0/s1. The first-order valence-corrected chi connectivity index (χ1v) is 18.8. The second kappa shape index (κ2) is 17.9. The van der Waals surface area contributed by atoms with Gasteiger partial charge in [-0.05, 0) is 59.8 Å². The topological polar surface area (TPSA) is 224 Å². The summed E-state index contributed by atoms with van der Waals surface area (Å²) in [7, 11) is 2.42. The summed E-state index contributed by atoms with van der Waals surface area (Å²) in [6.07, 6.45) is 0.135. The van der Waals surface area contributed by atoms with Crippen molar-refractivity contribution in [1.29, 1.82) is 0 Å². The summed E-state index contributed by atoms with van der Waals surface area (Å²) in [6.45, 7) is 9.57. The Kier molecular flexibility index (Phi) is 13.7. The largest absolute Gasteiger partial charge is 0.453 e. The minimum atomic E-state index is -1.43. The Hall–Kier alpha value is -5.67. The third-order valence-corrected chi connectivity index (χ3v) is 10.9. The van der Waals surface area contributed by atoms with Gasteiger partial charge in [0.05, 0.1) is 14.2 Å². The van der Waals surface area contributed by atoms with Crippen molar-refractivity contribution in [1.82, 2.24) is 25.3 Å². The molecule has 0 unspecified atom stereocenters. The molecule has 2 saturated heterocycles. The number of carbonyl (C=O) groups is 7. The van der Waals surface area contributed by atoms with E-state index in [1.54, 1.807) is 81.1 Å². The van der Waals surface area contributed by atoms with Gasteiger partial charge in [-0.2, -0.15) is 0 Å². The van der Waals surface area contributed by atoms with E-state index < -0.39 is 59.0 Å². The molecule has 2 aliphatic rings. The van der Waals surface area contributed by atoms with E-state index in [1.807, 2.05) is 0 Å². The maximum absolute atomic E-state index is 13.8. The van der Waals surface area contributed by atoms with Crippen molar-refractivity contribution in [3.05, 3.63) is 70.8 Å². The summed E-state index contributed by atoms with van der Waals surface area (Å²) < 4.78 is 9.44. The monoisotopic (exact) mass is 777 g/mol. The number of methoxy groups -OCH3 is 2. The molecule has 2 fully saturated rings. The quantitative estimate of drug-likeness (QED) is 0.221. The summed E-state index contributed by atoms with van der Waals surface area (Å²) in [5, 5.41) is 5.17. The molecule has 0 bridgehead atoms. The number of ether oxygens (including phenoxy) is 2. The first-order chi connectivity index (χ1) is 26.4. The van der Waals surface area contributed by atoms with Gasteiger partial charge in [-0.15, -0.1) is 0 Å². The Labute approximate surface area is 327 Å². The number of amides is 7. The van der Waals surface area contributed by atoms with Crippen LogP contribution in [-0.4, -0.2) is 95.8 Å². The highest BCUT2D eigenvalue weighted by Gasteiger charge is 2.53. The second-order valence-corrected chi connectivity index (χ2v) is 15.1. The van der Waals surface area contributed by atoms with Gasteiger partial charge in [0.25, 0.3) is 0 Å². The molecular formula is C40H55N7O9. The lowest BCUT2D eigenvalue weighted by Crippen LogP contribution is -2.59. The average molecular weight is 778 g/mol. The number of nitrogens with two attached hydrogens (primary N) is 2. The van der Waals surface area contributed by atoms with Crippen LogP contribution < -0.4 is 22.1 Å². The Bertz CT molecular complexity index is 1680. The number of primary amides is 2. The van der Waals surface area contributed by atoms with Crippen molar-refractivity contribution in [3.8, 4) is 0 Å². The van der Waals surface area contributed by atoms with Crippen LogP contribution in [0, 0.1) is 11.8 Å². The number of carbonyl (C=O) groups excluding carboxylic acids is 7. The van der Waals surface area contributed by atoms with E-state index in [0.29, 0.717) is 36.8 Å². The van der Waals surface area contributed by atoms with E-state index in [9.17, 15) is 33.6 Å². The smallest absolute Gasteiger partial charge is 0.407 e. The highest BCUT2D eigenvalue weighted by atomic mass is 16.5. The Balaban J connectivity index is 1.55. The summed E-state index contributed by atoms with van der Waals surface area (Å²) in [4.78, 5) is 95.5. The number of hydrogen-bond acceptors (Lipinski definition) is 9. The van der Waals surface area contributed by atoms with Gasteiger partial charge in [-0.1, -0.05) is 76.2 Å². The van der Waals surface area contributed by atoms with Crippen molar-refractivity contribution < 1.29 is 43.0 Å². The van der Waals surface area contributed by atoms with Crippen LogP contribution in [0.2, 0.25) is 0 Å². The maximum Gasteiger partial charge on any atom is 0.407 e. The molecule has 6 N–H and O–H groups in total. The molecule has 0 aromatic heterocycles. The highest BCUT2D eigenvalue weighted by molar-refractivity contribution is 5.96. The van der Waals surface area contributed by atoms with Gasteiger partial charge < -0.3 is 46.3 Å². The Morgan fingerprint density at radius 2 is 1.00 bits per heavy atom. The predicted molar refractivity (Wildman–Crippen MR) is 205 cm³/mol. The Morgan fingerprint density at radius 1 is 0.661 bits per heavy atom. The van der Waals surface area contributed by atoms with Crippen LogP contribution in [0.25, 0.3) is 0 Å². The zero-order valence-corrected chi connectivity index (χ0v) is 33.3. The number of likely N-dealkylation sites (tertiary alicyclic amines) is 2. The normalized spacial score (nSPS) is 20.3. The molecule has 0 radical (unpaired) electrons. The van der Waals surface area contributed by atoms with E-state index in [4.69, 9.17) is 20.9 Å². The van der Waals surface area contributed by atoms with Crippen LogP contribution in [0.1, 0.15) is 82.6 Å². The number of rotatable bonds is 14. The zero-order valence-electron chi connectivity index (χ0n) is 33.3. The summed E-state index contributed by atoms with van der Waals surface area (Å²) in [6, 6.07) is 12.2. The van der Waals surface area contributed by atoms with E-state index >= 15 is 0 Å². The van der Waals surface area contributed by atoms with Crippen LogP contribution in [0.3, 0.4) is 0 Å². The van der Waals surface area contributed by atoms with Gasteiger partial charge in [0.15, 0.2) is 0 Å². The first kappa shape index (κ1) is 43.1. The molecule has 0 spiro atoms. The van der Waals surface area contributed by atoms with Crippen molar-refractivity contribution in [2.24, 2.45) is 23.3 Å². The maximum atomic E-state index is 13.8. The summed E-state index contributed by atoms with van der Waals surface area (Å²) in [5.41, 5.74) is 11.7. The molecule has 304 valence electrons. The molecule has 2 aromatic carbocycles. The van der Waals surface area contributed by atoms with E-state index in [2.05, 4.69) is 10.6 Å². The molecule has 16 heteroatoms. The van der Waals surface area contributed by atoms with Crippen molar-refractivity contribution in [2.45, 2.75) is 96.6 Å². The van der Waals surface area contributed by atoms with Gasteiger partial charge in [0.1, 0.15) is 23.2 Å².